The number of carboxylic acids is 1. The molecule has 0 radical (unpaired) electrons. The predicted octanol–water partition coefficient (Wildman–Crippen LogP) is 7.21. The van der Waals surface area contributed by atoms with Crippen molar-refractivity contribution in [3.63, 3.8) is 0 Å². The van der Waals surface area contributed by atoms with Crippen LogP contribution in [0, 0.1) is 0 Å². The Morgan fingerprint density at radius 2 is 1.61 bits per heavy atom. The molecule has 1 aromatic rings. The van der Waals surface area contributed by atoms with E-state index in [-0.39, 0.29) is 11.0 Å². The molecule has 1 rings (SSSR count). The summed E-state index contributed by atoms with van der Waals surface area (Å²) in [7, 11) is 0. The predicted molar refractivity (Wildman–Crippen MR) is 120 cm³/mol. The summed E-state index contributed by atoms with van der Waals surface area (Å²) in [6.07, 6.45) is 0.614. The average Bonchev–Trinajstić information content (AvgIpc) is 2.56. The highest BCUT2D eigenvalue weighted by Gasteiger charge is 2.27. The van der Waals surface area contributed by atoms with E-state index in [1.165, 1.54) is 13.0 Å². The van der Waals surface area contributed by atoms with Crippen LogP contribution < -0.4 is 4.74 Å². The zero-order chi connectivity index (χ0) is 24.1. The molecule has 0 aliphatic heterocycles. The largest absolute Gasteiger partial charge is 0.487 e. The zero-order valence-electron chi connectivity index (χ0n) is 19.6. The van der Waals surface area contributed by atoms with E-state index in [2.05, 4.69) is 0 Å². The smallest absolute Gasteiger partial charge is 0.328 e. The van der Waals surface area contributed by atoms with Crippen molar-refractivity contribution in [1.82, 2.24) is 0 Å². The number of carboxylic acid groups (broad SMARTS) is 1. The minimum Gasteiger partial charge on any atom is -0.487 e. The normalized spacial score (nSPS) is 14.3. The molecule has 0 saturated carbocycles. The van der Waals surface area contributed by atoms with Gasteiger partial charge < -0.3 is 9.84 Å². The second kappa shape index (κ2) is 10.2. The fourth-order valence-electron chi connectivity index (χ4n) is 2.99. The summed E-state index contributed by atoms with van der Waals surface area (Å²) < 4.78 is 46.0. The molecule has 0 aromatic heterocycles. The Morgan fingerprint density at radius 1 is 1.03 bits per heavy atom. The van der Waals surface area contributed by atoms with Gasteiger partial charge in [-0.15, -0.1) is 0 Å². The van der Waals surface area contributed by atoms with Gasteiger partial charge in [0.05, 0.1) is 0 Å². The number of halogens is 3. The van der Waals surface area contributed by atoms with E-state index in [4.69, 9.17) is 9.84 Å². The van der Waals surface area contributed by atoms with Crippen molar-refractivity contribution < 1.29 is 27.8 Å². The van der Waals surface area contributed by atoms with Crippen molar-refractivity contribution in [3.05, 3.63) is 58.5 Å². The average molecular weight is 439 g/mol. The van der Waals surface area contributed by atoms with Crippen molar-refractivity contribution >= 4 is 11.5 Å². The van der Waals surface area contributed by atoms with Crippen LogP contribution in [0.1, 0.15) is 72.1 Å². The van der Waals surface area contributed by atoms with Gasteiger partial charge in [0.15, 0.2) is 0 Å². The van der Waals surface area contributed by atoms with E-state index in [1.807, 2.05) is 53.7 Å². The minimum absolute atomic E-state index is 0.231. The van der Waals surface area contributed by atoms with Gasteiger partial charge in [-0.25, -0.2) is 18.0 Å². The summed E-state index contributed by atoms with van der Waals surface area (Å²) in [4.78, 5) is 10.7. The molecule has 3 nitrogen and oxygen atoms in total. The Kier molecular flexibility index (Phi) is 8.74. The summed E-state index contributed by atoms with van der Waals surface area (Å²) >= 11 is 0. The second-order valence-electron chi connectivity index (χ2n) is 9.69. The number of aliphatic carboxylic acids is 1. The molecule has 0 amide bonds. The van der Waals surface area contributed by atoms with E-state index in [0.29, 0.717) is 16.9 Å². The first-order valence-electron chi connectivity index (χ1n) is 10.1. The third-order valence-corrected chi connectivity index (χ3v) is 4.61. The molecule has 6 heteroatoms. The van der Waals surface area contributed by atoms with Gasteiger partial charge in [0, 0.05) is 17.2 Å². The zero-order valence-corrected chi connectivity index (χ0v) is 19.6. The number of hydrogen-bond donors (Lipinski definition) is 1. The third kappa shape index (κ3) is 8.27. The SMILES string of the molecule is CC(=C\C(=O)O)/C=C(F)\C=C(/C)c1cc(C(C)(C)C)cc(C(C)(C)C)c1OCC(F)F. The first-order valence-corrected chi connectivity index (χ1v) is 10.1. The van der Waals surface area contributed by atoms with Crippen molar-refractivity contribution in [1.29, 1.82) is 0 Å². The first kappa shape index (κ1) is 26.5. The minimum atomic E-state index is -2.65. The molecular weight excluding hydrogens is 405 g/mol. The Hall–Kier alpha value is -2.50. The number of allylic oxidation sites excluding steroid dienone is 5. The van der Waals surface area contributed by atoms with Gasteiger partial charge in [-0.2, -0.15) is 0 Å². The molecule has 0 saturated heterocycles. The highest BCUT2D eigenvalue weighted by molar-refractivity contribution is 5.81. The fraction of sp³-hybridized carbons (Fsp3) is 0.480. The van der Waals surface area contributed by atoms with Crippen molar-refractivity contribution in [3.8, 4) is 5.75 Å². The molecule has 172 valence electrons. The monoisotopic (exact) mass is 438 g/mol. The van der Waals surface area contributed by atoms with Gasteiger partial charge in [0.1, 0.15) is 18.2 Å². The Morgan fingerprint density at radius 3 is 2.06 bits per heavy atom. The number of hydrogen-bond acceptors (Lipinski definition) is 2. The van der Waals surface area contributed by atoms with Gasteiger partial charge in [0.25, 0.3) is 6.43 Å². The maximum atomic E-state index is 14.5. The summed E-state index contributed by atoms with van der Waals surface area (Å²) in [5.41, 5.74) is 2.35. The van der Waals surface area contributed by atoms with E-state index >= 15 is 0 Å². The molecule has 1 N–H and O–H groups in total. The van der Waals surface area contributed by atoms with Gasteiger partial charge in [-0.3, -0.25) is 0 Å². The molecular formula is C25H33F3O3. The van der Waals surface area contributed by atoms with Crippen molar-refractivity contribution in [2.24, 2.45) is 0 Å². The maximum Gasteiger partial charge on any atom is 0.328 e. The second-order valence-corrected chi connectivity index (χ2v) is 9.69. The third-order valence-electron chi connectivity index (χ3n) is 4.61. The Balaban J connectivity index is 3.74. The van der Waals surface area contributed by atoms with Crippen LogP contribution in [-0.4, -0.2) is 24.1 Å². The lowest BCUT2D eigenvalue weighted by Crippen LogP contribution is -2.20. The van der Waals surface area contributed by atoms with Gasteiger partial charge in [-0.05, 0) is 59.6 Å². The van der Waals surface area contributed by atoms with Crippen molar-refractivity contribution in [2.75, 3.05) is 6.61 Å². The Labute approximate surface area is 183 Å². The fourth-order valence-corrected chi connectivity index (χ4v) is 2.99. The number of carbonyl (C=O) groups is 1. The lowest BCUT2D eigenvalue weighted by molar-refractivity contribution is -0.131. The topological polar surface area (TPSA) is 46.5 Å². The number of rotatable bonds is 7. The van der Waals surface area contributed by atoms with Gasteiger partial charge in [0.2, 0.25) is 0 Å². The summed E-state index contributed by atoms with van der Waals surface area (Å²) in [6.45, 7) is 14.4. The molecule has 1 aromatic carbocycles. The summed E-state index contributed by atoms with van der Waals surface area (Å²) in [6, 6.07) is 3.80. The van der Waals surface area contributed by atoms with Crippen molar-refractivity contribution in [2.45, 2.75) is 72.6 Å². The van der Waals surface area contributed by atoms with Gasteiger partial charge >= 0.3 is 5.97 Å². The van der Waals surface area contributed by atoms with Crippen LogP contribution in [0.5, 0.6) is 5.75 Å². The van der Waals surface area contributed by atoms with E-state index < -0.39 is 30.2 Å². The van der Waals surface area contributed by atoms with Crippen LogP contribution >= 0.6 is 0 Å². The lowest BCUT2D eigenvalue weighted by atomic mass is 9.78. The number of benzene rings is 1. The molecule has 0 heterocycles. The highest BCUT2D eigenvalue weighted by atomic mass is 19.3. The molecule has 0 bridgehead atoms. The van der Waals surface area contributed by atoms with Crippen LogP contribution in [0.2, 0.25) is 0 Å². The van der Waals surface area contributed by atoms with Crippen LogP contribution in [-0.2, 0) is 15.6 Å². The molecule has 0 atom stereocenters. The Bertz CT molecular complexity index is 896. The van der Waals surface area contributed by atoms with Crippen LogP contribution in [0.15, 0.2) is 41.8 Å². The molecule has 0 fully saturated rings. The molecule has 0 spiro atoms. The summed E-state index contributed by atoms with van der Waals surface area (Å²) in [5, 5.41) is 8.79. The molecule has 0 aliphatic rings. The maximum absolute atomic E-state index is 14.5. The van der Waals surface area contributed by atoms with Crippen LogP contribution in [0.25, 0.3) is 5.57 Å². The number of alkyl halides is 2. The number of ether oxygens (including phenoxy) is 1. The van der Waals surface area contributed by atoms with E-state index in [9.17, 15) is 18.0 Å². The van der Waals surface area contributed by atoms with Crippen LogP contribution in [0.4, 0.5) is 13.2 Å². The highest BCUT2D eigenvalue weighted by Crippen LogP contribution is 2.41. The standard InChI is InChI=1S/C25H33F3O3/c1-15(10-22(29)30)9-18(26)11-16(2)19-12-17(24(3,4)5)13-20(25(6,7)8)23(19)31-14-21(27)28/h9-13,21H,14H2,1-8H3,(H,29,30)/b15-10+,16-11+,18-9+. The molecule has 0 unspecified atom stereocenters. The molecule has 31 heavy (non-hydrogen) atoms. The van der Waals surface area contributed by atoms with Crippen LogP contribution in [0.3, 0.4) is 0 Å². The quantitative estimate of drug-likeness (QED) is 0.361. The van der Waals surface area contributed by atoms with E-state index in [1.54, 1.807) is 6.92 Å². The first-order chi connectivity index (χ1) is 14.0. The van der Waals surface area contributed by atoms with Gasteiger partial charge in [-0.1, -0.05) is 47.6 Å². The van der Waals surface area contributed by atoms with E-state index in [0.717, 1.165) is 23.3 Å². The lowest BCUT2D eigenvalue weighted by Gasteiger charge is -2.29. The summed E-state index contributed by atoms with van der Waals surface area (Å²) in [5.74, 6) is -1.51. The molecule has 0 aliphatic carbocycles.